The van der Waals surface area contributed by atoms with Gasteiger partial charge < -0.3 is 0 Å². The van der Waals surface area contributed by atoms with E-state index >= 15 is 0 Å². The molecule has 0 bridgehead atoms. The van der Waals surface area contributed by atoms with Gasteiger partial charge in [-0.05, 0) is 49.1 Å². The van der Waals surface area contributed by atoms with Gasteiger partial charge in [0.2, 0.25) is 0 Å². The van der Waals surface area contributed by atoms with E-state index in [-0.39, 0.29) is 11.4 Å². The van der Waals surface area contributed by atoms with Crippen LogP contribution >= 0.6 is 0 Å². The van der Waals surface area contributed by atoms with E-state index in [0.29, 0.717) is 6.42 Å². The van der Waals surface area contributed by atoms with Crippen LogP contribution in [0.15, 0.2) is 65.1 Å². The maximum atomic E-state index is 12.7. The first-order chi connectivity index (χ1) is 11.4. The number of carbonyl (C=O) groups is 1. The van der Waals surface area contributed by atoms with Crippen molar-refractivity contribution < 1.29 is 13.2 Å². The van der Waals surface area contributed by atoms with Crippen molar-refractivity contribution in [2.24, 2.45) is 0 Å². The fraction of sp³-hybridized carbons (Fsp3) is 0.211. The van der Waals surface area contributed by atoms with Gasteiger partial charge in [-0.15, -0.1) is 0 Å². The summed E-state index contributed by atoms with van der Waals surface area (Å²) >= 11 is 0. The normalized spacial score (nSPS) is 14.8. The summed E-state index contributed by atoms with van der Waals surface area (Å²) in [6.45, 7) is 4.01. The van der Waals surface area contributed by atoms with Gasteiger partial charge >= 0.3 is 0 Å². The van der Waals surface area contributed by atoms with Crippen molar-refractivity contribution in [3.05, 3.63) is 76.9 Å². The number of rotatable bonds is 4. The van der Waals surface area contributed by atoms with Crippen LogP contribution in [0.3, 0.4) is 0 Å². The number of carbonyl (C=O) groups excluding carboxylic acids is 1. The van der Waals surface area contributed by atoms with E-state index in [0.717, 1.165) is 26.6 Å². The number of hydrogen-bond acceptors (Lipinski definition) is 3. The lowest BCUT2D eigenvalue weighted by atomic mass is 10.0. The zero-order chi connectivity index (χ0) is 17.3. The number of sulfonamides is 1. The Morgan fingerprint density at radius 2 is 1.67 bits per heavy atom. The lowest BCUT2D eigenvalue weighted by Gasteiger charge is -2.17. The average Bonchev–Trinajstić information content (AvgIpc) is 2.91. The summed E-state index contributed by atoms with van der Waals surface area (Å²) < 4.78 is 26.3. The second kappa shape index (κ2) is 6.24. The molecule has 5 heteroatoms. The maximum Gasteiger partial charge on any atom is 0.267 e. The molecule has 0 fully saturated rings. The van der Waals surface area contributed by atoms with Gasteiger partial charge in [0.05, 0.1) is 11.4 Å². The third-order valence-corrected chi connectivity index (χ3v) is 5.97. The molecule has 124 valence electrons. The molecular formula is C19H19NO3S. The molecule has 0 aliphatic carbocycles. The summed E-state index contributed by atoms with van der Waals surface area (Å²) in [4.78, 5) is 12.4. The van der Waals surface area contributed by atoms with E-state index in [1.807, 2.05) is 38.1 Å². The summed E-state index contributed by atoms with van der Waals surface area (Å²) in [5, 5.41) is 0. The molecular weight excluding hydrogens is 322 g/mol. The Bertz CT molecular complexity index is 912. The average molecular weight is 341 g/mol. The minimum absolute atomic E-state index is 0.114. The summed E-state index contributed by atoms with van der Waals surface area (Å²) in [5.41, 5.74) is 4.02. The zero-order valence-electron chi connectivity index (χ0n) is 13.7. The van der Waals surface area contributed by atoms with Gasteiger partial charge in [-0.25, -0.2) is 12.7 Å². The Morgan fingerprint density at radius 3 is 2.33 bits per heavy atom. The molecule has 4 nitrogen and oxygen atoms in total. The Kier molecular flexibility index (Phi) is 4.28. The van der Waals surface area contributed by atoms with Crippen LogP contribution in [-0.2, 0) is 21.2 Å². The van der Waals surface area contributed by atoms with E-state index in [9.17, 15) is 13.2 Å². The molecule has 1 amide bonds. The van der Waals surface area contributed by atoms with Gasteiger partial charge in [0.15, 0.2) is 0 Å². The first-order valence-corrected chi connectivity index (χ1v) is 9.19. The minimum Gasteiger partial charge on any atom is -0.269 e. The predicted molar refractivity (Wildman–Crippen MR) is 93.0 cm³/mol. The van der Waals surface area contributed by atoms with Crippen LogP contribution in [0.1, 0.15) is 16.7 Å². The van der Waals surface area contributed by atoms with Crippen LogP contribution in [0.5, 0.6) is 0 Å². The minimum atomic E-state index is -3.81. The standard InChI is InChI=1S/C19H19NO3S/c1-14-7-9-18(10-8-14)24(22,23)20-13-16(12-19(20)21)11-17-6-4-3-5-15(17)2/h3-10,12H,11,13H2,1-2H3. The van der Waals surface area contributed by atoms with Gasteiger partial charge in [0, 0.05) is 6.08 Å². The number of aryl methyl sites for hydroxylation is 2. The molecule has 0 radical (unpaired) electrons. The topological polar surface area (TPSA) is 54.5 Å². The largest absolute Gasteiger partial charge is 0.269 e. The molecule has 0 spiro atoms. The number of amides is 1. The van der Waals surface area contributed by atoms with Crippen LogP contribution in [0.25, 0.3) is 0 Å². The number of hydrogen-bond donors (Lipinski definition) is 0. The quantitative estimate of drug-likeness (QED) is 0.859. The Morgan fingerprint density at radius 1 is 1.00 bits per heavy atom. The summed E-state index contributed by atoms with van der Waals surface area (Å²) in [6, 6.07) is 14.5. The number of benzene rings is 2. The molecule has 0 saturated heterocycles. The van der Waals surface area contributed by atoms with Crippen molar-refractivity contribution >= 4 is 15.9 Å². The molecule has 0 N–H and O–H groups in total. The van der Waals surface area contributed by atoms with Gasteiger partial charge in [-0.3, -0.25) is 4.79 Å². The van der Waals surface area contributed by atoms with Crippen molar-refractivity contribution in [2.75, 3.05) is 6.54 Å². The van der Waals surface area contributed by atoms with Gasteiger partial charge in [0.1, 0.15) is 0 Å². The first kappa shape index (κ1) is 16.5. The highest BCUT2D eigenvalue weighted by Gasteiger charge is 2.33. The Hall–Kier alpha value is -2.40. The zero-order valence-corrected chi connectivity index (χ0v) is 14.5. The molecule has 3 rings (SSSR count). The number of nitrogens with zero attached hydrogens (tertiary/aromatic N) is 1. The lowest BCUT2D eigenvalue weighted by Crippen LogP contribution is -2.33. The third-order valence-electron chi connectivity index (χ3n) is 4.21. The maximum absolute atomic E-state index is 12.7. The van der Waals surface area contributed by atoms with E-state index < -0.39 is 15.9 Å². The van der Waals surface area contributed by atoms with Crippen LogP contribution in [0.2, 0.25) is 0 Å². The Balaban J connectivity index is 1.82. The molecule has 0 unspecified atom stereocenters. The second-order valence-corrected chi connectivity index (χ2v) is 7.93. The second-order valence-electron chi connectivity index (χ2n) is 6.07. The van der Waals surface area contributed by atoms with Crippen molar-refractivity contribution in [3.63, 3.8) is 0 Å². The highest BCUT2D eigenvalue weighted by Crippen LogP contribution is 2.24. The summed E-state index contributed by atoms with van der Waals surface area (Å²) in [7, 11) is -3.81. The molecule has 24 heavy (non-hydrogen) atoms. The summed E-state index contributed by atoms with van der Waals surface area (Å²) in [6.07, 6.45) is 2.02. The molecule has 1 aliphatic rings. The highest BCUT2D eigenvalue weighted by molar-refractivity contribution is 7.89. The van der Waals surface area contributed by atoms with Crippen molar-refractivity contribution in [1.29, 1.82) is 0 Å². The SMILES string of the molecule is Cc1ccc(S(=O)(=O)N2CC(Cc3ccccc3C)=CC2=O)cc1. The van der Waals surface area contributed by atoms with Crippen molar-refractivity contribution in [2.45, 2.75) is 25.2 Å². The van der Waals surface area contributed by atoms with Gasteiger partial charge in [-0.1, -0.05) is 42.0 Å². The monoisotopic (exact) mass is 341 g/mol. The van der Waals surface area contributed by atoms with Crippen LogP contribution in [-0.4, -0.2) is 25.2 Å². The van der Waals surface area contributed by atoms with Crippen molar-refractivity contribution in [3.8, 4) is 0 Å². The molecule has 0 aromatic heterocycles. The van der Waals surface area contributed by atoms with Crippen LogP contribution < -0.4 is 0 Å². The molecule has 0 atom stereocenters. The van der Waals surface area contributed by atoms with Gasteiger partial charge in [0.25, 0.3) is 15.9 Å². The summed E-state index contributed by atoms with van der Waals surface area (Å²) in [5.74, 6) is -0.473. The highest BCUT2D eigenvalue weighted by atomic mass is 32.2. The molecule has 0 saturated carbocycles. The third kappa shape index (κ3) is 3.12. The fourth-order valence-corrected chi connectivity index (χ4v) is 4.12. The van der Waals surface area contributed by atoms with E-state index in [2.05, 4.69) is 0 Å². The van der Waals surface area contributed by atoms with Crippen molar-refractivity contribution in [1.82, 2.24) is 4.31 Å². The molecule has 2 aromatic carbocycles. The Labute approximate surface area is 142 Å². The van der Waals surface area contributed by atoms with Gasteiger partial charge in [-0.2, -0.15) is 0 Å². The van der Waals surface area contributed by atoms with E-state index in [1.165, 1.54) is 18.2 Å². The first-order valence-electron chi connectivity index (χ1n) is 7.75. The predicted octanol–water partition coefficient (Wildman–Crippen LogP) is 3.00. The van der Waals surface area contributed by atoms with Crippen LogP contribution in [0.4, 0.5) is 0 Å². The van der Waals surface area contributed by atoms with Crippen LogP contribution in [0, 0.1) is 13.8 Å². The molecule has 2 aromatic rings. The van der Waals surface area contributed by atoms with E-state index in [4.69, 9.17) is 0 Å². The van der Waals surface area contributed by atoms with E-state index in [1.54, 1.807) is 12.1 Å². The lowest BCUT2D eigenvalue weighted by molar-refractivity contribution is -0.120. The molecule has 1 aliphatic heterocycles. The smallest absolute Gasteiger partial charge is 0.267 e. The molecule has 1 heterocycles. The fourth-order valence-electron chi connectivity index (χ4n) is 2.76.